The molecule has 0 spiro atoms. The number of esters is 4. The minimum absolute atomic E-state index is 0.104. The van der Waals surface area contributed by atoms with Crippen LogP contribution in [0, 0.1) is 11.8 Å². The summed E-state index contributed by atoms with van der Waals surface area (Å²) in [7, 11) is -9.91. The first kappa shape index (κ1) is 96.1. The van der Waals surface area contributed by atoms with Gasteiger partial charge in [-0.25, -0.2) is 9.13 Å². The third-order valence-electron chi connectivity index (χ3n) is 18.5. The molecule has 0 aliphatic heterocycles. The van der Waals surface area contributed by atoms with Crippen molar-refractivity contribution in [2.45, 2.75) is 432 Å². The molecule has 0 aliphatic carbocycles. The van der Waals surface area contributed by atoms with Crippen LogP contribution in [-0.4, -0.2) is 96.7 Å². The zero-order chi connectivity index (χ0) is 72.1. The Hall–Kier alpha value is -1.94. The van der Waals surface area contributed by atoms with Crippen molar-refractivity contribution in [3.05, 3.63) is 0 Å². The molecule has 98 heavy (non-hydrogen) atoms. The summed E-state index contributed by atoms with van der Waals surface area (Å²) in [4.78, 5) is 72.7. The van der Waals surface area contributed by atoms with Crippen LogP contribution in [0.2, 0.25) is 0 Å². The van der Waals surface area contributed by atoms with Crippen LogP contribution in [0.5, 0.6) is 0 Å². The van der Waals surface area contributed by atoms with Gasteiger partial charge in [-0.3, -0.25) is 37.3 Å². The molecule has 0 saturated heterocycles. The highest BCUT2D eigenvalue weighted by atomic mass is 31.2. The SMILES string of the molecule is CCCCCCCCCCCCCCCCCCCCCCCCC(=O)O[C@H](COC(=O)CCCCCCCCCCCCCCCCCC(C)C)COP(=O)(O)OC[C@@H](O)COP(=O)(O)OC[C@@H](COC(=O)CCCCCCCCC)OC(=O)CCCCCCCCCCC(C)C. The Labute approximate surface area is 600 Å². The summed E-state index contributed by atoms with van der Waals surface area (Å²) in [6, 6.07) is 0. The average Bonchev–Trinajstić information content (AvgIpc) is 1.08. The Bertz CT molecular complexity index is 1890. The van der Waals surface area contributed by atoms with E-state index in [1.165, 1.54) is 218 Å². The second-order valence-corrected chi connectivity index (χ2v) is 32.3. The number of aliphatic hydroxyl groups excluding tert-OH is 1. The topological polar surface area (TPSA) is 237 Å². The van der Waals surface area contributed by atoms with Crippen molar-refractivity contribution in [3.63, 3.8) is 0 Å². The number of ether oxygens (including phenoxy) is 4. The van der Waals surface area contributed by atoms with E-state index in [0.29, 0.717) is 25.7 Å². The minimum Gasteiger partial charge on any atom is -0.462 e. The average molecular weight is 1440 g/mol. The van der Waals surface area contributed by atoms with E-state index in [4.69, 9.17) is 37.0 Å². The maximum absolute atomic E-state index is 13.1. The summed E-state index contributed by atoms with van der Waals surface area (Å²) in [5.74, 6) is -0.595. The van der Waals surface area contributed by atoms with E-state index in [2.05, 4.69) is 41.5 Å². The fourth-order valence-corrected chi connectivity index (χ4v) is 13.8. The number of rotatable bonds is 78. The zero-order valence-electron chi connectivity index (χ0n) is 64.1. The standard InChI is InChI=1S/C79H154O17P2/c1-7-9-11-13-15-16-17-18-19-20-21-22-23-24-25-28-32-35-38-45-51-57-63-78(83)95-75(68-90-77(82)62-56-50-44-37-34-31-29-26-27-30-33-36-42-47-53-59-71(3)4)70-94-98(87,88)92-66-73(80)65-91-97(85,86)93-69-74(67-89-76(81)61-55-49-41-14-12-10-8-2)96-79(84)64-58-52-46-40-39-43-48-54-60-72(5)6/h71-75,80H,7-70H2,1-6H3,(H,85,86)(H,87,88)/t73-,74+,75+/m0/s1. The Morgan fingerprint density at radius 1 is 0.276 bits per heavy atom. The number of hydrogen-bond donors (Lipinski definition) is 3. The van der Waals surface area contributed by atoms with Gasteiger partial charge in [0, 0.05) is 25.7 Å². The van der Waals surface area contributed by atoms with E-state index in [9.17, 15) is 43.2 Å². The summed E-state index contributed by atoms with van der Waals surface area (Å²) >= 11 is 0. The van der Waals surface area contributed by atoms with Crippen LogP contribution >= 0.6 is 15.6 Å². The third kappa shape index (κ3) is 72.4. The Kier molecular flexibility index (Phi) is 69.3. The molecule has 0 heterocycles. The highest BCUT2D eigenvalue weighted by Gasteiger charge is 2.30. The number of carbonyl (C=O) groups is 4. The number of hydrogen-bond acceptors (Lipinski definition) is 15. The lowest BCUT2D eigenvalue weighted by Gasteiger charge is -2.21. The lowest BCUT2D eigenvalue weighted by molar-refractivity contribution is -0.161. The van der Waals surface area contributed by atoms with Crippen molar-refractivity contribution in [3.8, 4) is 0 Å². The molecule has 0 aromatic carbocycles. The molecule has 3 N–H and O–H groups in total. The molecule has 19 heteroatoms. The monoisotopic (exact) mass is 1440 g/mol. The van der Waals surface area contributed by atoms with Crippen molar-refractivity contribution in [1.29, 1.82) is 0 Å². The van der Waals surface area contributed by atoms with Crippen molar-refractivity contribution >= 4 is 39.5 Å². The highest BCUT2D eigenvalue weighted by molar-refractivity contribution is 7.47. The highest BCUT2D eigenvalue weighted by Crippen LogP contribution is 2.45. The van der Waals surface area contributed by atoms with Crippen LogP contribution in [0.25, 0.3) is 0 Å². The van der Waals surface area contributed by atoms with Gasteiger partial charge in [0.2, 0.25) is 0 Å². The Morgan fingerprint density at radius 2 is 0.469 bits per heavy atom. The summed E-state index contributed by atoms with van der Waals surface area (Å²) in [5.41, 5.74) is 0. The number of aliphatic hydroxyl groups is 1. The molecule has 5 atom stereocenters. The molecule has 0 aromatic rings. The smallest absolute Gasteiger partial charge is 0.462 e. The molecular formula is C79H154O17P2. The number of phosphoric ester groups is 2. The van der Waals surface area contributed by atoms with Gasteiger partial charge in [0.15, 0.2) is 12.2 Å². The van der Waals surface area contributed by atoms with Crippen LogP contribution in [0.15, 0.2) is 0 Å². The number of unbranched alkanes of at least 4 members (excludes halogenated alkanes) is 48. The van der Waals surface area contributed by atoms with E-state index in [1.807, 2.05) is 0 Å². The van der Waals surface area contributed by atoms with E-state index in [-0.39, 0.29) is 25.7 Å². The summed E-state index contributed by atoms with van der Waals surface area (Å²) in [5, 5.41) is 10.6. The van der Waals surface area contributed by atoms with Crippen LogP contribution in [-0.2, 0) is 65.4 Å². The molecule has 0 radical (unpaired) electrons. The quantitative estimate of drug-likeness (QED) is 0.0222. The van der Waals surface area contributed by atoms with Gasteiger partial charge in [-0.15, -0.1) is 0 Å². The van der Waals surface area contributed by atoms with Crippen molar-refractivity contribution in [2.75, 3.05) is 39.6 Å². The van der Waals surface area contributed by atoms with Crippen molar-refractivity contribution in [1.82, 2.24) is 0 Å². The van der Waals surface area contributed by atoms with E-state index in [0.717, 1.165) is 115 Å². The first-order valence-electron chi connectivity index (χ1n) is 41.0. The van der Waals surface area contributed by atoms with Crippen LogP contribution in [0.3, 0.4) is 0 Å². The Morgan fingerprint density at radius 3 is 0.694 bits per heavy atom. The van der Waals surface area contributed by atoms with Gasteiger partial charge in [-0.05, 0) is 37.5 Å². The molecule has 0 rings (SSSR count). The molecule has 0 saturated carbocycles. The lowest BCUT2D eigenvalue weighted by Crippen LogP contribution is -2.30. The summed E-state index contributed by atoms with van der Waals surface area (Å²) in [6.45, 7) is 9.55. The van der Waals surface area contributed by atoms with Gasteiger partial charge < -0.3 is 33.8 Å². The first-order valence-corrected chi connectivity index (χ1v) is 44.0. The van der Waals surface area contributed by atoms with Gasteiger partial charge >= 0.3 is 39.5 Å². The predicted molar refractivity (Wildman–Crippen MR) is 400 cm³/mol. The van der Waals surface area contributed by atoms with Crippen molar-refractivity contribution in [2.24, 2.45) is 11.8 Å². The molecular weight excluding hydrogens is 1280 g/mol. The number of phosphoric acid groups is 2. The minimum atomic E-state index is -4.96. The maximum Gasteiger partial charge on any atom is 0.472 e. The molecule has 0 bridgehead atoms. The van der Waals surface area contributed by atoms with E-state index < -0.39 is 97.5 Å². The largest absolute Gasteiger partial charge is 0.472 e. The fourth-order valence-electron chi connectivity index (χ4n) is 12.2. The normalized spacial score (nSPS) is 13.9. The van der Waals surface area contributed by atoms with Gasteiger partial charge in [0.05, 0.1) is 26.4 Å². The van der Waals surface area contributed by atoms with Crippen LogP contribution in [0.4, 0.5) is 0 Å². The molecule has 0 amide bonds. The van der Waals surface area contributed by atoms with E-state index in [1.54, 1.807) is 0 Å². The maximum atomic E-state index is 13.1. The molecule has 2 unspecified atom stereocenters. The second-order valence-electron chi connectivity index (χ2n) is 29.4. The third-order valence-corrected chi connectivity index (χ3v) is 20.4. The Balaban J connectivity index is 5.15. The van der Waals surface area contributed by atoms with Gasteiger partial charge in [0.1, 0.15) is 19.3 Å². The van der Waals surface area contributed by atoms with Gasteiger partial charge in [-0.2, -0.15) is 0 Å². The first-order chi connectivity index (χ1) is 47.4. The predicted octanol–water partition coefficient (Wildman–Crippen LogP) is 23.5. The molecule has 0 fully saturated rings. The fraction of sp³-hybridized carbons (Fsp3) is 0.949. The summed E-state index contributed by atoms with van der Waals surface area (Å²) < 4.78 is 68.5. The summed E-state index contributed by atoms with van der Waals surface area (Å²) in [6.07, 6.45) is 60.1. The van der Waals surface area contributed by atoms with Gasteiger partial charge in [-0.1, -0.05) is 363 Å². The molecule has 582 valence electrons. The van der Waals surface area contributed by atoms with Crippen molar-refractivity contribution < 1.29 is 80.2 Å². The molecule has 0 aromatic heterocycles. The molecule has 17 nitrogen and oxygen atoms in total. The second kappa shape index (κ2) is 70.7. The lowest BCUT2D eigenvalue weighted by atomic mass is 10.0. The van der Waals surface area contributed by atoms with E-state index >= 15 is 0 Å². The molecule has 0 aliphatic rings. The van der Waals surface area contributed by atoms with Crippen LogP contribution in [0.1, 0.15) is 414 Å². The van der Waals surface area contributed by atoms with Gasteiger partial charge in [0.25, 0.3) is 0 Å². The van der Waals surface area contributed by atoms with Crippen LogP contribution < -0.4 is 0 Å². The number of carbonyl (C=O) groups excluding carboxylic acids is 4. The zero-order valence-corrected chi connectivity index (χ0v) is 65.9.